The van der Waals surface area contributed by atoms with Gasteiger partial charge in [-0.1, -0.05) is 48.0 Å². The third-order valence-corrected chi connectivity index (χ3v) is 5.85. The molecule has 0 amide bonds. The molecule has 0 atom stereocenters. The molecule has 4 nitrogen and oxygen atoms in total. The first-order valence-corrected chi connectivity index (χ1v) is 10.9. The number of hydrogen-bond donors (Lipinski definition) is 1. The highest BCUT2D eigenvalue weighted by atomic mass is 35.5. The number of H-pyrrole nitrogens is 1. The number of aromatic nitrogens is 3. The zero-order chi connectivity index (χ0) is 23.9. The minimum Gasteiger partial charge on any atom is -0.343 e. The van der Waals surface area contributed by atoms with E-state index >= 15 is 0 Å². The van der Waals surface area contributed by atoms with Gasteiger partial charge in [0.15, 0.2) is 5.43 Å². The highest BCUT2D eigenvalue weighted by molar-refractivity contribution is 6.35. The minimum atomic E-state index is -4.32. The second kappa shape index (κ2) is 8.57. The zero-order valence-electron chi connectivity index (χ0n) is 17.7. The summed E-state index contributed by atoms with van der Waals surface area (Å²) in [5.74, 6) is 0. The lowest BCUT2D eigenvalue weighted by Crippen LogP contribution is -2.12. The molecule has 0 spiro atoms. The summed E-state index contributed by atoms with van der Waals surface area (Å²) in [6.45, 7) is 0. The normalized spacial score (nSPS) is 11.9. The van der Waals surface area contributed by atoms with Gasteiger partial charge in [-0.25, -0.2) is 4.98 Å². The Kier molecular flexibility index (Phi) is 5.57. The van der Waals surface area contributed by atoms with Crippen molar-refractivity contribution in [3.8, 4) is 22.4 Å². The monoisotopic (exact) mass is 479 g/mol. The maximum absolute atomic E-state index is 12.9. The first-order chi connectivity index (χ1) is 16.3. The summed E-state index contributed by atoms with van der Waals surface area (Å²) in [6.07, 6.45) is -4.01. The first-order valence-electron chi connectivity index (χ1n) is 10.5. The average Bonchev–Trinajstić information content (AvgIpc) is 2.82. The summed E-state index contributed by atoms with van der Waals surface area (Å²) in [4.78, 5) is 24.8. The molecule has 5 aromatic rings. The van der Waals surface area contributed by atoms with Crippen LogP contribution >= 0.6 is 11.6 Å². The van der Waals surface area contributed by atoms with Gasteiger partial charge in [-0.2, -0.15) is 13.2 Å². The molecule has 0 unspecified atom stereocenters. The van der Waals surface area contributed by atoms with E-state index in [-0.39, 0.29) is 23.1 Å². The number of alkyl halides is 3. The molecule has 170 valence electrons. The van der Waals surface area contributed by atoms with Crippen molar-refractivity contribution in [1.82, 2.24) is 15.0 Å². The molecule has 8 heteroatoms. The molecule has 5 rings (SSSR count). The predicted octanol–water partition coefficient (Wildman–Crippen LogP) is 6.95. The van der Waals surface area contributed by atoms with Crippen LogP contribution in [0, 0.1) is 0 Å². The van der Waals surface area contributed by atoms with Crippen molar-refractivity contribution in [3.63, 3.8) is 0 Å². The second-order valence-corrected chi connectivity index (χ2v) is 8.36. The standard InChI is InChI=1S/C26H17ClF3N3O/c27-21-12-17(11-16-7-4-10-31-24(16)21)19-14-20-22(34)13-18(8-9-26(28,29)30)32-25(20)33-23(19)15-5-2-1-3-6-15/h1-7,10-14H,8-9H2,(H,32,33,34). The molecule has 3 aromatic heterocycles. The number of pyridine rings is 3. The van der Waals surface area contributed by atoms with E-state index in [0.29, 0.717) is 21.8 Å². The number of aryl methyl sites for hydroxylation is 1. The van der Waals surface area contributed by atoms with Gasteiger partial charge in [-0.05, 0) is 36.2 Å². The molecule has 0 radical (unpaired) electrons. The van der Waals surface area contributed by atoms with Crippen molar-refractivity contribution in [3.05, 3.63) is 93.9 Å². The molecule has 0 aliphatic carbocycles. The van der Waals surface area contributed by atoms with Gasteiger partial charge < -0.3 is 4.98 Å². The molecular formula is C26H17ClF3N3O. The summed E-state index contributed by atoms with van der Waals surface area (Å²) in [7, 11) is 0. The van der Waals surface area contributed by atoms with Crippen LogP contribution in [0.3, 0.4) is 0 Å². The number of rotatable bonds is 4. The summed E-state index contributed by atoms with van der Waals surface area (Å²) in [5.41, 5.74) is 3.50. The fraction of sp³-hybridized carbons (Fsp3) is 0.115. The van der Waals surface area contributed by atoms with Gasteiger partial charge in [-0.15, -0.1) is 0 Å². The Morgan fingerprint density at radius 1 is 0.941 bits per heavy atom. The van der Waals surface area contributed by atoms with E-state index in [0.717, 1.165) is 16.5 Å². The summed E-state index contributed by atoms with van der Waals surface area (Å²) < 4.78 is 38.1. The Morgan fingerprint density at radius 2 is 1.74 bits per heavy atom. The smallest absolute Gasteiger partial charge is 0.343 e. The molecule has 0 aliphatic rings. The number of halogens is 4. The van der Waals surface area contributed by atoms with E-state index in [4.69, 9.17) is 16.6 Å². The Hall–Kier alpha value is -3.71. The quantitative estimate of drug-likeness (QED) is 0.303. The Labute approximate surface area is 197 Å². The Balaban J connectivity index is 1.74. The Bertz CT molecular complexity index is 1580. The highest BCUT2D eigenvalue weighted by Crippen LogP contribution is 2.36. The van der Waals surface area contributed by atoms with Gasteiger partial charge in [-0.3, -0.25) is 9.78 Å². The van der Waals surface area contributed by atoms with E-state index in [1.54, 1.807) is 18.3 Å². The average molecular weight is 480 g/mol. The number of aromatic amines is 1. The van der Waals surface area contributed by atoms with Gasteiger partial charge >= 0.3 is 6.18 Å². The fourth-order valence-electron chi connectivity index (χ4n) is 3.97. The van der Waals surface area contributed by atoms with E-state index in [9.17, 15) is 18.0 Å². The van der Waals surface area contributed by atoms with Crippen molar-refractivity contribution in [2.24, 2.45) is 0 Å². The molecule has 1 N–H and O–H groups in total. The largest absolute Gasteiger partial charge is 0.389 e. The van der Waals surface area contributed by atoms with Crippen LogP contribution in [0.5, 0.6) is 0 Å². The second-order valence-electron chi connectivity index (χ2n) is 7.95. The summed E-state index contributed by atoms with van der Waals surface area (Å²) >= 11 is 6.51. The van der Waals surface area contributed by atoms with Crippen molar-refractivity contribution in [2.75, 3.05) is 0 Å². The van der Waals surface area contributed by atoms with Gasteiger partial charge in [0.1, 0.15) is 5.65 Å². The van der Waals surface area contributed by atoms with Crippen molar-refractivity contribution in [1.29, 1.82) is 0 Å². The third-order valence-electron chi connectivity index (χ3n) is 5.57. The molecular weight excluding hydrogens is 463 g/mol. The molecule has 0 saturated heterocycles. The molecule has 0 bridgehead atoms. The van der Waals surface area contributed by atoms with E-state index in [1.165, 1.54) is 6.07 Å². The van der Waals surface area contributed by atoms with Gasteiger partial charge in [0, 0.05) is 40.9 Å². The minimum absolute atomic E-state index is 0.189. The molecule has 2 aromatic carbocycles. The number of benzene rings is 2. The van der Waals surface area contributed by atoms with Crippen molar-refractivity contribution in [2.45, 2.75) is 19.0 Å². The fourth-order valence-corrected chi connectivity index (χ4v) is 4.25. The van der Waals surface area contributed by atoms with Crippen LogP contribution in [-0.2, 0) is 6.42 Å². The summed E-state index contributed by atoms with van der Waals surface area (Å²) in [5, 5.41) is 1.58. The molecule has 34 heavy (non-hydrogen) atoms. The lowest BCUT2D eigenvalue weighted by molar-refractivity contribution is -0.134. The first kappa shape index (κ1) is 22.1. The van der Waals surface area contributed by atoms with Gasteiger partial charge in [0.05, 0.1) is 21.6 Å². The molecule has 0 aliphatic heterocycles. The lowest BCUT2D eigenvalue weighted by atomic mass is 9.96. The molecule has 0 saturated carbocycles. The molecule has 0 fully saturated rings. The lowest BCUT2D eigenvalue weighted by Gasteiger charge is -2.14. The Morgan fingerprint density at radius 3 is 2.50 bits per heavy atom. The topological polar surface area (TPSA) is 58.6 Å². The number of nitrogens with zero attached hydrogens (tertiary/aromatic N) is 2. The van der Waals surface area contributed by atoms with E-state index in [1.807, 2.05) is 48.5 Å². The van der Waals surface area contributed by atoms with Crippen LogP contribution in [0.2, 0.25) is 5.02 Å². The molecule has 3 heterocycles. The number of hydrogen-bond acceptors (Lipinski definition) is 3. The maximum atomic E-state index is 12.9. The van der Waals surface area contributed by atoms with Crippen LogP contribution in [0.1, 0.15) is 12.1 Å². The van der Waals surface area contributed by atoms with Crippen molar-refractivity contribution >= 4 is 33.5 Å². The van der Waals surface area contributed by atoms with Crippen LogP contribution in [0.25, 0.3) is 44.3 Å². The highest BCUT2D eigenvalue weighted by Gasteiger charge is 2.27. The van der Waals surface area contributed by atoms with Crippen LogP contribution in [0.4, 0.5) is 13.2 Å². The van der Waals surface area contributed by atoms with E-state index < -0.39 is 18.0 Å². The number of nitrogens with one attached hydrogen (secondary N) is 1. The summed E-state index contributed by atoms with van der Waals surface area (Å²) in [6, 6.07) is 19.7. The zero-order valence-corrected chi connectivity index (χ0v) is 18.4. The number of fused-ring (bicyclic) bond motifs is 2. The van der Waals surface area contributed by atoms with Gasteiger partial charge in [0.25, 0.3) is 0 Å². The van der Waals surface area contributed by atoms with Crippen LogP contribution < -0.4 is 5.43 Å². The predicted molar refractivity (Wildman–Crippen MR) is 128 cm³/mol. The SMILES string of the molecule is O=c1cc(CCC(F)(F)F)[nH]c2nc(-c3ccccc3)c(-c3cc(Cl)c4ncccc4c3)cc12. The third kappa shape index (κ3) is 4.39. The van der Waals surface area contributed by atoms with Gasteiger partial charge in [0.2, 0.25) is 0 Å². The van der Waals surface area contributed by atoms with E-state index in [2.05, 4.69) is 9.97 Å². The maximum Gasteiger partial charge on any atom is 0.389 e. The van der Waals surface area contributed by atoms with Crippen LogP contribution in [-0.4, -0.2) is 21.1 Å². The van der Waals surface area contributed by atoms with Crippen molar-refractivity contribution < 1.29 is 13.2 Å². The van der Waals surface area contributed by atoms with Crippen LogP contribution in [0.15, 0.2) is 77.7 Å².